The van der Waals surface area contributed by atoms with Crippen molar-refractivity contribution >= 4 is 0 Å². The van der Waals surface area contributed by atoms with Crippen LogP contribution in [0.4, 0.5) is 0 Å². The molecule has 1 heteroatoms. The monoisotopic (exact) mass is 121 g/mol. The molecule has 0 aliphatic heterocycles. The fourth-order valence-corrected chi connectivity index (χ4v) is 0.542. The minimum atomic E-state index is 0.672. The zero-order valence-electron chi connectivity index (χ0n) is 5.78. The van der Waals surface area contributed by atoms with E-state index in [0.717, 1.165) is 19.3 Å². The molecule has 9 heavy (non-hydrogen) atoms. The van der Waals surface area contributed by atoms with E-state index in [1.807, 2.05) is 6.92 Å². The van der Waals surface area contributed by atoms with Crippen LogP contribution in [0, 0.1) is 23.2 Å². The third-order valence-corrected chi connectivity index (χ3v) is 1.02. The normalized spacial score (nSPS) is 7.11. The lowest BCUT2D eigenvalue weighted by molar-refractivity contribution is 0.778. The summed E-state index contributed by atoms with van der Waals surface area (Å²) >= 11 is 0. The number of unbranched alkanes of at least 4 members (excludes halogenated alkanes) is 3. The molecule has 0 aliphatic carbocycles. The van der Waals surface area contributed by atoms with E-state index in [2.05, 4.69) is 17.9 Å². The van der Waals surface area contributed by atoms with Crippen molar-refractivity contribution in [1.29, 1.82) is 5.26 Å². The number of nitrogens with zero attached hydrogens (tertiary/aromatic N) is 1. The molecule has 0 saturated heterocycles. The molecule has 0 radical (unpaired) electrons. The molecule has 48 valence electrons. The van der Waals surface area contributed by atoms with Crippen LogP contribution in [-0.4, -0.2) is 0 Å². The second-order valence-corrected chi connectivity index (χ2v) is 1.79. The summed E-state index contributed by atoms with van der Waals surface area (Å²) in [6.45, 7) is 1.84. The van der Waals surface area contributed by atoms with Crippen molar-refractivity contribution in [3.05, 3.63) is 0 Å². The van der Waals surface area contributed by atoms with Gasteiger partial charge in [0.05, 0.1) is 6.07 Å². The first-order chi connectivity index (χ1) is 4.41. The SMILES string of the molecule is CC#CCCCCC#N. The van der Waals surface area contributed by atoms with Crippen LogP contribution in [0.3, 0.4) is 0 Å². The van der Waals surface area contributed by atoms with Crippen molar-refractivity contribution in [1.82, 2.24) is 0 Å². The van der Waals surface area contributed by atoms with Crippen molar-refractivity contribution in [2.75, 3.05) is 0 Å². The Hall–Kier alpha value is -0.950. The zero-order valence-corrected chi connectivity index (χ0v) is 5.78. The van der Waals surface area contributed by atoms with Gasteiger partial charge in [0.15, 0.2) is 0 Å². The van der Waals surface area contributed by atoms with Gasteiger partial charge < -0.3 is 0 Å². The summed E-state index contributed by atoms with van der Waals surface area (Å²) in [6, 6.07) is 2.10. The van der Waals surface area contributed by atoms with Crippen LogP contribution in [-0.2, 0) is 0 Å². The van der Waals surface area contributed by atoms with Crippen LogP contribution in [0.5, 0.6) is 0 Å². The lowest BCUT2D eigenvalue weighted by atomic mass is 10.2. The number of rotatable bonds is 3. The molecule has 0 saturated carbocycles. The van der Waals surface area contributed by atoms with E-state index in [-0.39, 0.29) is 0 Å². The fraction of sp³-hybridized carbons (Fsp3) is 0.625. The molecule has 0 unspecified atom stereocenters. The lowest BCUT2D eigenvalue weighted by Gasteiger charge is -1.85. The number of hydrogen-bond donors (Lipinski definition) is 0. The molecule has 0 aromatic heterocycles. The number of nitriles is 1. The van der Waals surface area contributed by atoms with Gasteiger partial charge in [0.1, 0.15) is 0 Å². The van der Waals surface area contributed by atoms with Gasteiger partial charge in [-0.05, 0) is 19.8 Å². The molecule has 0 rings (SSSR count). The van der Waals surface area contributed by atoms with Crippen LogP contribution in [0.15, 0.2) is 0 Å². The largest absolute Gasteiger partial charge is 0.198 e. The van der Waals surface area contributed by atoms with Gasteiger partial charge in [-0.25, -0.2) is 0 Å². The highest BCUT2D eigenvalue weighted by Crippen LogP contribution is 1.96. The topological polar surface area (TPSA) is 23.8 Å². The van der Waals surface area contributed by atoms with Crippen molar-refractivity contribution < 1.29 is 0 Å². The molecule has 0 spiro atoms. The maximum atomic E-state index is 8.14. The highest BCUT2D eigenvalue weighted by Gasteiger charge is 1.82. The average Bonchev–Trinajstić information content (AvgIpc) is 1.89. The minimum Gasteiger partial charge on any atom is -0.198 e. The standard InChI is InChI=1S/C8H11N/c1-2-3-4-5-6-7-8-9/h4-7H2,1H3. The van der Waals surface area contributed by atoms with Gasteiger partial charge in [0, 0.05) is 12.8 Å². The van der Waals surface area contributed by atoms with Crippen LogP contribution in [0.25, 0.3) is 0 Å². The Kier molecular flexibility index (Phi) is 6.31. The van der Waals surface area contributed by atoms with Gasteiger partial charge in [-0.2, -0.15) is 5.26 Å². The Bertz CT molecular complexity index is 142. The first-order valence-electron chi connectivity index (χ1n) is 3.18. The van der Waals surface area contributed by atoms with Crippen molar-refractivity contribution in [2.24, 2.45) is 0 Å². The molecule has 0 atom stereocenters. The predicted molar refractivity (Wildman–Crippen MR) is 37.5 cm³/mol. The molecule has 0 N–H and O–H groups in total. The van der Waals surface area contributed by atoms with Gasteiger partial charge in [0.2, 0.25) is 0 Å². The zero-order chi connectivity index (χ0) is 6.95. The van der Waals surface area contributed by atoms with Crippen molar-refractivity contribution in [3.63, 3.8) is 0 Å². The third kappa shape index (κ3) is 7.05. The summed E-state index contributed by atoms with van der Waals surface area (Å²) in [6.07, 6.45) is 3.67. The van der Waals surface area contributed by atoms with Gasteiger partial charge in [-0.1, -0.05) is 0 Å². The predicted octanol–water partition coefficient (Wildman–Crippen LogP) is 2.09. The second-order valence-electron chi connectivity index (χ2n) is 1.79. The fourth-order valence-electron chi connectivity index (χ4n) is 0.542. The molecule has 0 bridgehead atoms. The van der Waals surface area contributed by atoms with Gasteiger partial charge in [-0.3, -0.25) is 0 Å². The minimum absolute atomic E-state index is 0.672. The smallest absolute Gasteiger partial charge is 0.0621 e. The molecular weight excluding hydrogens is 110 g/mol. The maximum Gasteiger partial charge on any atom is 0.0621 e. The van der Waals surface area contributed by atoms with Gasteiger partial charge in [-0.15, -0.1) is 11.8 Å². The molecule has 1 nitrogen and oxygen atoms in total. The molecule has 0 fully saturated rings. The van der Waals surface area contributed by atoms with E-state index in [1.54, 1.807) is 0 Å². The first-order valence-corrected chi connectivity index (χ1v) is 3.18. The molecule has 0 aromatic rings. The van der Waals surface area contributed by atoms with Crippen LogP contribution in [0.2, 0.25) is 0 Å². The van der Waals surface area contributed by atoms with E-state index >= 15 is 0 Å². The van der Waals surface area contributed by atoms with E-state index in [1.165, 1.54) is 0 Å². The summed E-state index contributed by atoms with van der Waals surface area (Å²) in [5, 5.41) is 8.14. The third-order valence-electron chi connectivity index (χ3n) is 1.02. The highest BCUT2D eigenvalue weighted by atomic mass is 14.2. The van der Waals surface area contributed by atoms with Crippen LogP contribution < -0.4 is 0 Å². The maximum absolute atomic E-state index is 8.14. The van der Waals surface area contributed by atoms with Crippen molar-refractivity contribution in [3.8, 4) is 17.9 Å². The summed E-state index contributed by atoms with van der Waals surface area (Å²) < 4.78 is 0. The van der Waals surface area contributed by atoms with E-state index in [0.29, 0.717) is 6.42 Å². The molecular formula is C8H11N. The Morgan fingerprint density at radius 3 is 2.44 bits per heavy atom. The number of hydrogen-bond acceptors (Lipinski definition) is 1. The Morgan fingerprint density at radius 2 is 1.89 bits per heavy atom. The lowest BCUT2D eigenvalue weighted by Crippen LogP contribution is -1.71. The summed E-state index contributed by atoms with van der Waals surface area (Å²) in [4.78, 5) is 0. The molecule has 0 aromatic carbocycles. The summed E-state index contributed by atoms with van der Waals surface area (Å²) in [5.74, 6) is 5.76. The van der Waals surface area contributed by atoms with Crippen LogP contribution >= 0.6 is 0 Å². The van der Waals surface area contributed by atoms with Gasteiger partial charge >= 0.3 is 0 Å². The average molecular weight is 121 g/mol. The summed E-state index contributed by atoms with van der Waals surface area (Å²) in [7, 11) is 0. The quantitative estimate of drug-likeness (QED) is 0.414. The molecule has 0 amide bonds. The van der Waals surface area contributed by atoms with Crippen molar-refractivity contribution in [2.45, 2.75) is 32.6 Å². The van der Waals surface area contributed by atoms with E-state index in [9.17, 15) is 0 Å². The van der Waals surface area contributed by atoms with E-state index in [4.69, 9.17) is 5.26 Å². The summed E-state index contributed by atoms with van der Waals surface area (Å²) in [5.41, 5.74) is 0. The Balaban J connectivity index is 2.91. The van der Waals surface area contributed by atoms with Gasteiger partial charge in [0.25, 0.3) is 0 Å². The second kappa shape index (κ2) is 7.05. The van der Waals surface area contributed by atoms with E-state index < -0.39 is 0 Å². The molecule has 0 aliphatic rings. The highest BCUT2D eigenvalue weighted by molar-refractivity contribution is 4.94. The van der Waals surface area contributed by atoms with Crippen LogP contribution in [0.1, 0.15) is 32.6 Å². The molecule has 0 heterocycles. The first kappa shape index (κ1) is 8.05. The Labute approximate surface area is 56.7 Å². The Morgan fingerprint density at radius 1 is 1.22 bits per heavy atom.